The van der Waals surface area contributed by atoms with E-state index in [4.69, 9.17) is 9.15 Å². The second kappa shape index (κ2) is 6.99. The molecule has 0 spiro atoms. The highest BCUT2D eigenvalue weighted by molar-refractivity contribution is 7.89. The van der Waals surface area contributed by atoms with Gasteiger partial charge >= 0.3 is 0 Å². The van der Waals surface area contributed by atoms with E-state index in [0.29, 0.717) is 18.9 Å². The number of carbonyl (C=O) groups excluding carboxylic acids is 1. The largest absolute Gasteiger partial charge is 0.438 e. The number of rotatable bonds is 4. The maximum Gasteiger partial charge on any atom is 0.291 e. The monoisotopic (exact) mass is 364 g/mol. The van der Waals surface area contributed by atoms with Gasteiger partial charge in [0.05, 0.1) is 13.2 Å². The van der Waals surface area contributed by atoms with Crippen LogP contribution < -0.4 is 5.32 Å². The fraction of sp³-hybridized carbons (Fsp3) is 0.353. The number of furan rings is 1. The first kappa shape index (κ1) is 17.7. The second-order valence-electron chi connectivity index (χ2n) is 5.84. The Hall–Kier alpha value is -2.16. The molecule has 1 aliphatic rings. The Labute approximate surface area is 146 Å². The molecule has 3 rings (SSSR count). The van der Waals surface area contributed by atoms with Crippen LogP contribution in [0, 0.1) is 13.8 Å². The number of sulfonamides is 1. The van der Waals surface area contributed by atoms with Crippen molar-refractivity contribution in [1.82, 2.24) is 4.31 Å². The first-order valence-corrected chi connectivity index (χ1v) is 9.39. The molecule has 0 bridgehead atoms. The zero-order valence-electron chi connectivity index (χ0n) is 14.1. The zero-order valence-corrected chi connectivity index (χ0v) is 14.9. The highest BCUT2D eigenvalue weighted by Crippen LogP contribution is 2.22. The average Bonchev–Trinajstić information content (AvgIpc) is 3.11. The predicted octanol–water partition coefficient (Wildman–Crippen LogP) is 2.17. The summed E-state index contributed by atoms with van der Waals surface area (Å²) in [5, 5.41) is 2.51. The van der Waals surface area contributed by atoms with Crippen LogP contribution in [0.5, 0.6) is 0 Å². The number of amides is 1. The summed E-state index contributed by atoms with van der Waals surface area (Å²) in [7, 11) is -3.76. The van der Waals surface area contributed by atoms with Crippen LogP contribution in [0.2, 0.25) is 0 Å². The molecule has 1 aromatic heterocycles. The molecule has 1 N–H and O–H groups in total. The van der Waals surface area contributed by atoms with E-state index in [1.165, 1.54) is 16.4 Å². The van der Waals surface area contributed by atoms with E-state index >= 15 is 0 Å². The van der Waals surface area contributed by atoms with Gasteiger partial charge in [-0.25, -0.2) is 8.42 Å². The van der Waals surface area contributed by atoms with Gasteiger partial charge in [-0.15, -0.1) is 0 Å². The summed E-state index contributed by atoms with van der Waals surface area (Å²) in [5.41, 5.74) is 2.66. The Balaban J connectivity index is 1.78. The molecule has 2 aromatic rings. The summed E-state index contributed by atoms with van der Waals surface area (Å²) in [6.07, 6.45) is 0. The maximum atomic E-state index is 12.5. The van der Waals surface area contributed by atoms with E-state index in [1.807, 2.05) is 26.0 Å². The van der Waals surface area contributed by atoms with Crippen LogP contribution >= 0.6 is 0 Å². The molecule has 1 aliphatic heterocycles. The van der Waals surface area contributed by atoms with Crippen LogP contribution in [0.3, 0.4) is 0 Å². The summed E-state index contributed by atoms with van der Waals surface area (Å²) in [4.78, 5) is 12.4. The molecular formula is C17H20N2O5S. The van der Waals surface area contributed by atoms with E-state index < -0.39 is 15.9 Å². The van der Waals surface area contributed by atoms with Gasteiger partial charge in [-0.1, -0.05) is 12.1 Å². The zero-order chi connectivity index (χ0) is 18.0. The molecule has 134 valence electrons. The molecule has 8 heteroatoms. The lowest BCUT2D eigenvalue weighted by Crippen LogP contribution is -2.40. The number of hydrogen-bond acceptors (Lipinski definition) is 5. The number of benzene rings is 1. The Bertz CT molecular complexity index is 882. The van der Waals surface area contributed by atoms with E-state index in [9.17, 15) is 13.2 Å². The molecular weight excluding hydrogens is 344 g/mol. The topological polar surface area (TPSA) is 88.9 Å². The maximum absolute atomic E-state index is 12.5. The molecule has 7 nitrogen and oxygen atoms in total. The summed E-state index contributed by atoms with van der Waals surface area (Å²) >= 11 is 0. The predicted molar refractivity (Wildman–Crippen MR) is 92.2 cm³/mol. The molecule has 1 saturated heterocycles. The van der Waals surface area contributed by atoms with Crippen molar-refractivity contribution < 1.29 is 22.4 Å². The summed E-state index contributed by atoms with van der Waals surface area (Å²) in [5.74, 6) is -0.537. The lowest BCUT2D eigenvalue weighted by Gasteiger charge is -2.24. The number of nitrogens with one attached hydrogen (secondary N) is 1. The third-order valence-corrected chi connectivity index (χ3v) is 6.00. The number of hydrogen-bond donors (Lipinski definition) is 1. The van der Waals surface area contributed by atoms with Crippen molar-refractivity contribution in [3.05, 3.63) is 47.2 Å². The van der Waals surface area contributed by atoms with E-state index in [1.54, 1.807) is 6.07 Å². The van der Waals surface area contributed by atoms with Crippen molar-refractivity contribution in [2.24, 2.45) is 0 Å². The average molecular weight is 364 g/mol. The number of anilines is 1. The molecule has 0 aliphatic carbocycles. The van der Waals surface area contributed by atoms with Gasteiger partial charge in [0.15, 0.2) is 5.76 Å². The van der Waals surface area contributed by atoms with Gasteiger partial charge in [0.25, 0.3) is 15.9 Å². The SMILES string of the molecule is Cc1cccc(NC(=O)c2ccc(S(=O)(=O)N3CCOCC3)o2)c1C. The summed E-state index contributed by atoms with van der Waals surface area (Å²) in [6, 6.07) is 8.25. The van der Waals surface area contributed by atoms with Crippen molar-refractivity contribution >= 4 is 21.6 Å². The number of aryl methyl sites for hydroxylation is 1. The van der Waals surface area contributed by atoms with Crippen LogP contribution in [0.1, 0.15) is 21.7 Å². The quantitative estimate of drug-likeness (QED) is 0.898. The molecule has 2 heterocycles. The first-order chi connectivity index (χ1) is 11.9. The number of morpholine rings is 1. The molecule has 0 atom stereocenters. The van der Waals surface area contributed by atoms with Crippen LogP contribution in [-0.2, 0) is 14.8 Å². The number of ether oxygens (including phenoxy) is 1. The molecule has 1 fully saturated rings. The van der Waals surface area contributed by atoms with Crippen molar-refractivity contribution in [2.45, 2.75) is 18.9 Å². The van der Waals surface area contributed by atoms with Gasteiger partial charge in [-0.3, -0.25) is 4.79 Å². The Kier molecular flexibility index (Phi) is 4.94. The Morgan fingerprint density at radius 3 is 2.56 bits per heavy atom. The van der Waals surface area contributed by atoms with Gasteiger partial charge in [0, 0.05) is 18.8 Å². The molecule has 0 saturated carbocycles. The van der Waals surface area contributed by atoms with Crippen LogP contribution in [0.4, 0.5) is 5.69 Å². The standard InChI is InChI=1S/C17H20N2O5S/c1-12-4-3-5-14(13(12)2)18-17(20)15-6-7-16(24-15)25(21,22)19-8-10-23-11-9-19/h3-7H,8-11H2,1-2H3,(H,18,20). The summed E-state index contributed by atoms with van der Waals surface area (Å²) in [6.45, 7) is 5.09. The van der Waals surface area contributed by atoms with Gasteiger partial charge in [-0.2, -0.15) is 4.31 Å². The number of nitrogens with zero attached hydrogens (tertiary/aromatic N) is 1. The highest BCUT2D eigenvalue weighted by atomic mass is 32.2. The Morgan fingerprint density at radius 1 is 1.12 bits per heavy atom. The van der Waals surface area contributed by atoms with Gasteiger partial charge in [0.2, 0.25) is 5.09 Å². The summed E-state index contributed by atoms with van der Waals surface area (Å²) < 4.78 is 36.8. The van der Waals surface area contributed by atoms with E-state index in [0.717, 1.165) is 11.1 Å². The first-order valence-electron chi connectivity index (χ1n) is 7.95. The number of carbonyl (C=O) groups is 1. The minimum absolute atomic E-state index is 0.0484. The molecule has 1 amide bonds. The van der Waals surface area contributed by atoms with Crippen molar-refractivity contribution in [2.75, 3.05) is 31.6 Å². The van der Waals surface area contributed by atoms with Gasteiger partial charge in [0.1, 0.15) is 0 Å². The van der Waals surface area contributed by atoms with Gasteiger partial charge in [-0.05, 0) is 43.2 Å². The van der Waals surface area contributed by atoms with Crippen molar-refractivity contribution in [3.8, 4) is 0 Å². The van der Waals surface area contributed by atoms with Crippen LogP contribution in [-0.4, -0.2) is 44.9 Å². The molecule has 0 radical (unpaired) electrons. The fourth-order valence-corrected chi connectivity index (χ4v) is 3.88. The highest BCUT2D eigenvalue weighted by Gasteiger charge is 2.30. The smallest absolute Gasteiger partial charge is 0.291 e. The van der Waals surface area contributed by atoms with E-state index in [-0.39, 0.29) is 23.9 Å². The second-order valence-corrected chi connectivity index (χ2v) is 7.71. The van der Waals surface area contributed by atoms with Crippen LogP contribution in [0.15, 0.2) is 39.8 Å². The molecule has 25 heavy (non-hydrogen) atoms. The van der Waals surface area contributed by atoms with Crippen LogP contribution in [0.25, 0.3) is 0 Å². The van der Waals surface area contributed by atoms with Crippen molar-refractivity contribution in [1.29, 1.82) is 0 Å². The third kappa shape index (κ3) is 3.60. The molecule has 1 aromatic carbocycles. The lowest BCUT2D eigenvalue weighted by atomic mass is 10.1. The minimum Gasteiger partial charge on any atom is -0.438 e. The minimum atomic E-state index is -3.76. The third-order valence-electron chi connectivity index (χ3n) is 4.22. The van der Waals surface area contributed by atoms with E-state index in [2.05, 4.69) is 5.32 Å². The lowest BCUT2D eigenvalue weighted by molar-refractivity contribution is 0.0723. The van der Waals surface area contributed by atoms with Gasteiger partial charge < -0.3 is 14.5 Å². The Morgan fingerprint density at radius 2 is 1.84 bits per heavy atom. The fourth-order valence-electron chi connectivity index (χ4n) is 2.57. The molecule has 0 unspecified atom stereocenters. The van der Waals surface area contributed by atoms with Crippen molar-refractivity contribution in [3.63, 3.8) is 0 Å². The normalized spacial score (nSPS) is 15.9.